The van der Waals surface area contributed by atoms with Gasteiger partial charge >= 0.3 is 0 Å². The molecule has 1 heterocycles. The summed E-state index contributed by atoms with van der Waals surface area (Å²) in [4.78, 5) is 2.78. The van der Waals surface area contributed by atoms with Gasteiger partial charge in [0.15, 0.2) is 0 Å². The van der Waals surface area contributed by atoms with Crippen molar-refractivity contribution in [2.45, 2.75) is 76.8 Å². The molecule has 0 aromatic carbocycles. The van der Waals surface area contributed by atoms with E-state index in [1.165, 1.54) is 57.9 Å². The quantitative estimate of drug-likeness (QED) is 0.751. The molecule has 3 aliphatic rings. The Bertz CT molecular complexity index is 346. The Morgan fingerprint density at radius 3 is 2.68 bits per heavy atom. The van der Waals surface area contributed by atoms with E-state index in [4.69, 9.17) is 0 Å². The average molecular weight is 260 g/mol. The highest BCUT2D eigenvalue weighted by Crippen LogP contribution is 2.42. The lowest BCUT2D eigenvalue weighted by Gasteiger charge is -2.43. The Labute approximate surface area is 118 Å². The van der Waals surface area contributed by atoms with Gasteiger partial charge in [-0.3, -0.25) is 4.90 Å². The molecule has 19 heavy (non-hydrogen) atoms. The number of hydrogen-bond donors (Lipinski definition) is 0. The van der Waals surface area contributed by atoms with Gasteiger partial charge in [0.1, 0.15) is 0 Å². The zero-order valence-corrected chi connectivity index (χ0v) is 12.4. The van der Waals surface area contributed by atoms with E-state index in [0.29, 0.717) is 12.0 Å². The van der Waals surface area contributed by atoms with Gasteiger partial charge in [-0.05, 0) is 56.9 Å². The monoisotopic (exact) mass is 260 g/mol. The molecule has 0 radical (unpaired) electrons. The van der Waals surface area contributed by atoms with Gasteiger partial charge in [0, 0.05) is 12.1 Å². The smallest absolute Gasteiger partial charge is 0.0672 e. The minimum Gasteiger partial charge on any atom is -0.296 e. The van der Waals surface area contributed by atoms with Crippen LogP contribution in [0, 0.1) is 29.1 Å². The molecule has 0 aromatic rings. The molecule has 0 bridgehead atoms. The topological polar surface area (TPSA) is 27.0 Å². The Morgan fingerprint density at radius 1 is 1.05 bits per heavy atom. The summed E-state index contributed by atoms with van der Waals surface area (Å²) in [7, 11) is 0. The number of likely N-dealkylation sites (tertiary alicyclic amines) is 1. The summed E-state index contributed by atoms with van der Waals surface area (Å²) < 4.78 is 0. The molecule has 0 spiro atoms. The molecule has 3 rings (SSSR count). The van der Waals surface area contributed by atoms with Crippen molar-refractivity contribution in [3.8, 4) is 6.07 Å². The first-order valence-electron chi connectivity index (χ1n) is 8.48. The van der Waals surface area contributed by atoms with Crippen LogP contribution in [0.1, 0.15) is 64.7 Å². The maximum atomic E-state index is 9.50. The molecule has 1 saturated heterocycles. The van der Waals surface area contributed by atoms with Crippen LogP contribution in [0.5, 0.6) is 0 Å². The third-order valence-electron chi connectivity index (χ3n) is 6.15. The second-order valence-corrected chi connectivity index (χ2v) is 7.03. The minimum atomic E-state index is 0.309. The SMILES string of the molecule is CCC1CCC(C#N)C(N2CCC3CCCCC32)C1. The van der Waals surface area contributed by atoms with Crippen molar-refractivity contribution in [1.29, 1.82) is 5.26 Å². The van der Waals surface area contributed by atoms with E-state index < -0.39 is 0 Å². The van der Waals surface area contributed by atoms with E-state index in [9.17, 15) is 5.26 Å². The molecule has 3 fully saturated rings. The Hall–Kier alpha value is -0.550. The molecule has 106 valence electrons. The second-order valence-electron chi connectivity index (χ2n) is 7.03. The molecule has 2 saturated carbocycles. The average Bonchev–Trinajstić information content (AvgIpc) is 2.90. The van der Waals surface area contributed by atoms with E-state index in [0.717, 1.165) is 24.3 Å². The maximum absolute atomic E-state index is 9.50. The fraction of sp³-hybridized carbons (Fsp3) is 0.941. The van der Waals surface area contributed by atoms with E-state index in [1.807, 2.05) is 0 Å². The van der Waals surface area contributed by atoms with Crippen molar-refractivity contribution in [3.63, 3.8) is 0 Å². The lowest BCUT2D eigenvalue weighted by atomic mass is 9.76. The van der Waals surface area contributed by atoms with Crippen LogP contribution in [-0.4, -0.2) is 23.5 Å². The van der Waals surface area contributed by atoms with Crippen molar-refractivity contribution < 1.29 is 0 Å². The molecular formula is C17H28N2. The fourth-order valence-electron chi connectivity index (χ4n) is 4.97. The molecule has 2 heteroatoms. The normalized spacial score (nSPS) is 43.7. The summed E-state index contributed by atoms with van der Waals surface area (Å²) in [5.41, 5.74) is 0. The van der Waals surface area contributed by atoms with E-state index >= 15 is 0 Å². The molecule has 2 nitrogen and oxygen atoms in total. The predicted octanol–water partition coefficient (Wildman–Crippen LogP) is 3.97. The number of rotatable bonds is 2. The first-order chi connectivity index (χ1) is 9.33. The highest BCUT2D eigenvalue weighted by molar-refractivity contribution is 5.02. The lowest BCUT2D eigenvalue weighted by molar-refractivity contribution is 0.0665. The summed E-state index contributed by atoms with van der Waals surface area (Å²) in [5, 5.41) is 9.50. The van der Waals surface area contributed by atoms with Crippen LogP contribution in [0.2, 0.25) is 0 Å². The van der Waals surface area contributed by atoms with Crippen LogP contribution >= 0.6 is 0 Å². The first-order valence-corrected chi connectivity index (χ1v) is 8.48. The third-order valence-corrected chi connectivity index (χ3v) is 6.15. The van der Waals surface area contributed by atoms with Crippen molar-refractivity contribution in [1.82, 2.24) is 4.90 Å². The van der Waals surface area contributed by atoms with Gasteiger partial charge < -0.3 is 0 Å². The molecule has 1 aliphatic heterocycles. The molecule has 0 amide bonds. The highest BCUT2D eigenvalue weighted by atomic mass is 15.2. The van der Waals surface area contributed by atoms with Crippen molar-refractivity contribution in [2.24, 2.45) is 17.8 Å². The zero-order valence-electron chi connectivity index (χ0n) is 12.4. The summed E-state index contributed by atoms with van der Waals surface area (Å²) in [6, 6.07) is 4.03. The van der Waals surface area contributed by atoms with Crippen LogP contribution < -0.4 is 0 Å². The van der Waals surface area contributed by atoms with Gasteiger partial charge in [-0.15, -0.1) is 0 Å². The van der Waals surface area contributed by atoms with Crippen LogP contribution in [0.15, 0.2) is 0 Å². The Kier molecular flexibility index (Phi) is 4.12. The van der Waals surface area contributed by atoms with E-state index in [2.05, 4.69) is 17.9 Å². The molecule has 0 aromatic heterocycles. The summed E-state index contributed by atoms with van der Waals surface area (Å²) in [6.45, 7) is 3.59. The van der Waals surface area contributed by atoms with Gasteiger partial charge in [0.05, 0.1) is 12.0 Å². The number of hydrogen-bond acceptors (Lipinski definition) is 2. The number of fused-ring (bicyclic) bond motifs is 1. The van der Waals surface area contributed by atoms with Crippen LogP contribution in [0.4, 0.5) is 0 Å². The van der Waals surface area contributed by atoms with Gasteiger partial charge in [-0.2, -0.15) is 5.26 Å². The van der Waals surface area contributed by atoms with Gasteiger partial charge in [-0.1, -0.05) is 26.2 Å². The maximum Gasteiger partial charge on any atom is 0.0672 e. The lowest BCUT2D eigenvalue weighted by Crippen LogP contribution is -2.48. The van der Waals surface area contributed by atoms with Crippen LogP contribution in [0.3, 0.4) is 0 Å². The zero-order chi connectivity index (χ0) is 13.2. The summed E-state index contributed by atoms with van der Waals surface area (Å²) in [6.07, 6.45) is 12.1. The first kappa shape index (κ1) is 13.4. The third kappa shape index (κ3) is 2.55. The van der Waals surface area contributed by atoms with E-state index in [1.54, 1.807) is 0 Å². The fourth-order valence-corrected chi connectivity index (χ4v) is 4.97. The Morgan fingerprint density at radius 2 is 1.89 bits per heavy atom. The number of nitriles is 1. The van der Waals surface area contributed by atoms with Gasteiger partial charge in [0.2, 0.25) is 0 Å². The molecule has 2 aliphatic carbocycles. The highest BCUT2D eigenvalue weighted by Gasteiger charge is 2.43. The second kappa shape index (κ2) is 5.83. The van der Waals surface area contributed by atoms with Crippen molar-refractivity contribution in [2.75, 3.05) is 6.54 Å². The van der Waals surface area contributed by atoms with Crippen molar-refractivity contribution >= 4 is 0 Å². The van der Waals surface area contributed by atoms with Gasteiger partial charge in [-0.25, -0.2) is 0 Å². The molecule has 5 unspecified atom stereocenters. The molecule has 0 N–H and O–H groups in total. The molecule has 5 atom stereocenters. The molecular weight excluding hydrogens is 232 g/mol. The van der Waals surface area contributed by atoms with Crippen LogP contribution in [0.25, 0.3) is 0 Å². The standard InChI is InChI=1S/C17H28N2/c1-2-13-7-8-15(12-18)17(11-13)19-10-9-14-5-3-4-6-16(14)19/h13-17H,2-11H2,1H3. The summed E-state index contributed by atoms with van der Waals surface area (Å²) in [5.74, 6) is 2.14. The predicted molar refractivity (Wildman–Crippen MR) is 77.6 cm³/mol. The largest absolute Gasteiger partial charge is 0.296 e. The van der Waals surface area contributed by atoms with Crippen molar-refractivity contribution in [3.05, 3.63) is 0 Å². The Balaban J connectivity index is 1.73. The van der Waals surface area contributed by atoms with Gasteiger partial charge in [0.25, 0.3) is 0 Å². The van der Waals surface area contributed by atoms with Crippen LogP contribution in [-0.2, 0) is 0 Å². The summed E-state index contributed by atoms with van der Waals surface area (Å²) >= 11 is 0. The number of nitrogens with zero attached hydrogens (tertiary/aromatic N) is 2. The minimum absolute atomic E-state index is 0.309. The van der Waals surface area contributed by atoms with E-state index in [-0.39, 0.29) is 0 Å².